The fraction of sp³-hybridized carbons (Fsp3) is 0.214. The molecular weight excluding hydrogens is 276 g/mol. The first-order valence-corrected chi connectivity index (χ1v) is 6.85. The molecule has 0 atom stereocenters. The first-order chi connectivity index (χ1) is 9.47. The third kappa shape index (κ3) is 3.21. The fourth-order valence-electron chi connectivity index (χ4n) is 1.80. The maximum Gasteiger partial charge on any atom is 0.335 e. The van der Waals surface area contributed by atoms with Crippen molar-refractivity contribution in [1.29, 1.82) is 0 Å². The molecule has 2 aromatic rings. The van der Waals surface area contributed by atoms with Crippen LogP contribution in [0.15, 0.2) is 29.6 Å². The number of carbonyl (C=O) groups is 2. The maximum atomic E-state index is 12.2. The van der Waals surface area contributed by atoms with Crippen molar-refractivity contribution in [1.82, 2.24) is 9.88 Å². The molecule has 1 heterocycles. The molecule has 0 aliphatic rings. The highest BCUT2D eigenvalue weighted by molar-refractivity contribution is 7.09. The molecule has 0 spiro atoms. The second-order valence-corrected chi connectivity index (χ2v) is 5.47. The summed E-state index contributed by atoms with van der Waals surface area (Å²) in [7, 11) is 1.67. The lowest BCUT2D eigenvalue weighted by atomic mass is 10.1. The van der Waals surface area contributed by atoms with E-state index in [-0.39, 0.29) is 11.5 Å². The van der Waals surface area contributed by atoms with Crippen LogP contribution in [0.25, 0.3) is 0 Å². The molecule has 0 aliphatic heterocycles. The average Bonchev–Trinajstić information content (AvgIpc) is 2.83. The van der Waals surface area contributed by atoms with Gasteiger partial charge in [-0.1, -0.05) is 6.07 Å². The van der Waals surface area contributed by atoms with Gasteiger partial charge in [-0.3, -0.25) is 4.79 Å². The molecule has 0 fully saturated rings. The van der Waals surface area contributed by atoms with Gasteiger partial charge in [0, 0.05) is 18.0 Å². The zero-order valence-corrected chi connectivity index (χ0v) is 12.0. The summed E-state index contributed by atoms with van der Waals surface area (Å²) in [4.78, 5) is 29.0. The summed E-state index contributed by atoms with van der Waals surface area (Å²) in [5.41, 5.74) is 1.30. The van der Waals surface area contributed by atoms with E-state index in [9.17, 15) is 9.59 Å². The van der Waals surface area contributed by atoms with Crippen molar-refractivity contribution in [3.63, 3.8) is 0 Å². The van der Waals surface area contributed by atoms with Crippen LogP contribution in [0, 0.1) is 6.92 Å². The van der Waals surface area contributed by atoms with Crippen LogP contribution >= 0.6 is 11.3 Å². The number of amides is 1. The third-order valence-corrected chi connectivity index (χ3v) is 3.59. The standard InChI is InChI=1S/C14H14N2O3S/c1-9-15-12(8-20-9)7-16(2)13(17)10-4-3-5-11(6-10)14(18)19/h3-6,8H,7H2,1-2H3,(H,18,19). The molecule has 0 unspecified atom stereocenters. The van der Waals surface area contributed by atoms with Gasteiger partial charge in [0.25, 0.3) is 5.91 Å². The number of aryl methyl sites for hydroxylation is 1. The minimum Gasteiger partial charge on any atom is -0.478 e. The number of nitrogens with zero attached hydrogens (tertiary/aromatic N) is 2. The van der Waals surface area contributed by atoms with E-state index in [1.165, 1.54) is 28.4 Å². The molecule has 0 radical (unpaired) electrons. The highest BCUT2D eigenvalue weighted by Gasteiger charge is 2.15. The van der Waals surface area contributed by atoms with Gasteiger partial charge >= 0.3 is 5.97 Å². The van der Waals surface area contributed by atoms with E-state index in [4.69, 9.17) is 5.11 Å². The van der Waals surface area contributed by atoms with E-state index in [2.05, 4.69) is 4.98 Å². The Balaban J connectivity index is 2.14. The second-order valence-electron chi connectivity index (χ2n) is 4.41. The van der Waals surface area contributed by atoms with Gasteiger partial charge in [0.05, 0.1) is 22.8 Å². The molecule has 2 rings (SSSR count). The number of hydrogen-bond donors (Lipinski definition) is 1. The molecule has 6 heteroatoms. The van der Waals surface area contributed by atoms with Gasteiger partial charge < -0.3 is 10.0 Å². The summed E-state index contributed by atoms with van der Waals surface area (Å²) in [5, 5.41) is 11.8. The highest BCUT2D eigenvalue weighted by Crippen LogP contribution is 2.13. The van der Waals surface area contributed by atoms with Crippen LogP contribution in [0.5, 0.6) is 0 Å². The maximum absolute atomic E-state index is 12.2. The Hall–Kier alpha value is -2.21. The summed E-state index contributed by atoms with van der Waals surface area (Å²) >= 11 is 1.53. The number of thiazole rings is 1. The van der Waals surface area contributed by atoms with Gasteiger partial charge in [0.15, 0.2) is 0 Å². The Morgan fingerprint density at radius 3 is 2.65 bits per heavy atom. The van der Waals surface area contributed by atoms with Crippen LogP contribution in [0.3, 0.4) is 0 Å². The van der Waals surface area contributed by atoms with Crippen LogP contribution < -0.4 is 0 Å². The predicted molar refractivity (Wildman–Crippen MR) is 76.0 cm³/mol. The van der Waals surface area contributed by atoms with Gasteiger partial charge in [-0.2, -0.15) is 0 Å². The van der Waals surface area contributed by atoms with E-state index in [0.29, 0.717) is 12.1 Å². The van der Waals surface area contributed by atoms with Crippen molar-refractivity contribution in [2.45, 2.75) is 13.5 Å². The van der Waals surface area contributed by atoms with Crippen LogP contribution in [0.4, 0.5) is 0 Å². The molecule has 1 aromatic carbocycles. The number of hydrogen-bond acceptors (Lipinski definition) is 4. The zero-order valence-electron chi connectivity index (χ0n) is 11.2. The Morgan fingerprint density at radius 1 is 1.35 bits per heavy atom. The monoisotopic (exact) mass is 290 g/mol. The normalized spacial score (nSPS) is 10.3. The second kappa shape index (κ2) is 5.83. The molecular formula is C14H14N2O3S. The van der Waals surface area contributed by atoms with Crippen molar-refractivity contribution in [2.75, 3.05) is 7.05 Å². The summed E-state index contributed by atoms with van der Waals surface area (Å²) in [6.07, 6.45) is 0. The van der Waals surface area contributed by atoms with Gasteiger partial charge in [0.2, 0.25) is 0 Å². The number of benzene rings is 1. The number of carbonyl (C=O) groups excluding carboxylic acids is 1. The average molecular weight is 290 g/mol. The lowest BCUT2D eigenvalue weighted by Gasteiger charge is -2.16. The van der Waals surface area contributed by atoms with Crippen molar-refractivity contribution in [3.05, 3.63) is 51.5 Å². The van der Waals surface area contributed by atoms with Crippen LogP contribution in [0.2, 0.25) is 0 Å². The van der Waals surface area contributed by atoms with Crippen molar-refractivity contribution >= 4 is 23.2 Å². The molecule has 0 saturated carbocycles. The van der Waals surface area contributed by atoms with E-state index >= 15 is 0 Å². The van der Waals surface area contributed by atoms with Crippen molar-refractivity contribution in [3.8, 4) is 0 Å². The molecule has 0 aliphatic carbocycles. The topological polar surface area (TPSA) is 70.5 Å². The number of aromatic nitrogens is 1. The smallest absolute Gasteiger partial charge is 0.335 e. The molecule has 104 valence electrons. The van der Waals surface area contributed by atoms with Gasteiger partial charge in [0.1, 0.15) is 0 Å². The molecule has 1 amide bonds. The first kappa shape index (κ1) is 14.2. The summed E-state index contributed by atoms with van der Waals surface area (Å²) in [5.74, 6) is -1.27. The Kier molecular flexibility index (Phi) is 4.14. The Morgan fingerprint density at radius 2 is 2.05 bits per heavy atom. The molecule has 1 aromatic heterocycles. The molecule has 0 saturated heterocycles. The minimum absolute atomic E-state index is 0.105. The molecule has 1 N–H and O–H groups in total. The SMILES string of the molecule is Cc1nc(CN(C)C(=O)c2cccc(C(=O)O)c2)cs1. The Labute approximate surface area is 120 Å². The summed E-state index contributed by atoms with van der Waals surface area (Å²) in [6, 6.07) is 6.02. The fourth-order valence-corrected chi connectivity index (χ4v) is 2.41. The van der Waals surface area contributed by atoms with Crippen molar-refractivity contribution in [2.24, 2.45) is 0 Å². The quantitative estimate of drug-likeness (QED) is 0.938. The predicted octanol–water partition coefficient (Wildman–Crippen LogP) is 2.42. The largest absolute Gasteiger partial charge is 0.478 e. The van der Waals surface area contributed by atoms with Gasteiger partial charge in [-0.05, 0) is 25.1 Å². The number of aromatic carboxylic acids is 1. The number of rotatable bonds is 4. The zero-order chi connectivity index (χ0) is 14.7. The lowest BCUT2D eigenvalue weighted by molar-refractivity contribution is 0.0697. The van der Waals surface area contributed by atoms with Crippen LogP contribution in [0.1, 0.15) is 31.4 Å². The molecule has 0 bridgehead atoms. The molecule has 5 nitrogen and oxygen atoms in total. The van der Waals surface area contributed by atoms with E-state index in [0.717, 1.165) is 10.7 Å². The first-order valence-electron chi connectivity index (χ1n) is 5.97. The van der Waals surface area contributed by atoms with E-state index in [1.807, 2.05) is 12.3 Å². The lowest BCUT2D eigenvalue weighted by Crippen LogP contribution is -2.26. The van der Waals surface area contributed by atoms with E-state index < -0.39 is 5.97 Å². The van der Waals surface area contributed by atoms with Gasteiger partial charge in [-0.15, -0.1) is 11.3 Å². The van der Waals surface area contributed by atoms with E-state index in [1.54, 1.807) is 19.2 Å². The van der Waals surface area contributed by atoms with Crippen LogP contribution in [-0.2, 0) is 6.54 Å². The highest BCUT2D eigenvalue weighted by atomic mass is 32.1. The third-order valence-electron chi connectivity index (χ3n) is 2.77. The summed E-state index contributed by atoms with van der Waals surface area (Å²) in [6.45, 7) is 2.31. The van der Waals surface area contributed by atoms with Gasteiger partial charge in [-0.25, -0.2) is 9.78 Å². The number of carboxylic acids is 1. The molecule has 20 heavy (non-hydrogen) atoms. The van der Waals surface area contributed by atoms with Crippen molar-refractivity contribution < 1.29 is 14.7 Å². The minimum atomic E-state index is -1.04. The Bertz CT molecular complexity index is 651. The summed E-state index contributed by atoms with van der Waals surface area (Å²) < 4.78 is 0. The van der Waals surface area contributed by atoms with Crippen LogP contribution in [-0.4, -0.2) is 33.9 Å². The number of carboxylic acid groups (broad SMARTS) is 1.